The summed E-state index contributed by atoms with van der Waals surface area (Å²) in [4.78, 5) is 12.1. The largest absolute Gasteiger partial charge is 0.484 e. The molecular formula is C20H17ClO4. The topological polar surface area (TPSA) is 48.7 Å². The number of para-hydroxylation sites is 1. The number of aryl methyl sites for hydroxylation is 1. The van der Waals surface area contributed by atoms with E-state index in [2.05, 4.69) is 0 Å². The van der Waals surface area contributed by atoms with Crippen molar-refractivity contribution in [2.24, 2.45) is 0 Å². The van der Waals surface area contributed by atoms with Crippen LogP contribution in [0.5, 0.6) is 5.75 Å². The van der Waals surface area contributed by atoms with Crippen LogP contribution in [0.15, 0.2) is 65.1 Å². The number of rotatable bonds is 6. The molecule has 3 aromatic rings. The molecule has 0 saturated carbocycles. The molecule has 0 aliphatic carbocycles. The van der Waals surface area contributed by atoms with Crippen LogP contribution >= 0.6 is 11.6 Å². The maximum absolute atomic E-state index is 12.1. The van der Waals surface area contributed by atoms with E-state index in [4.69, 9.17) is 25.5 Å². The second kappa shape index (κ2) is 7.90. The first-order chi connectivity index (χ1) is 12.1. The van der Waals surface area contributed by atoms with Crippen LogP contribution in [0.1, 0.15) is 27.4 Å². The summed E-state index contributed by atoms with van der Waals surface area (Å²) in [5.74, 6) is 0.714. The zero-order valence-electron chi connectivity index (χ0n) is 13.7. The molecule has 2 aromatic carbocycles. The molecule has 0 fully saturated rings. The molecule has 0 N–H and O–H groups in total. The second-order valence-electron chi connectivity index (χ2n) is 5.49. The predicted molar refractivity (Wildman–Crippen MR) is 94.8 cm³/mol. The number of hydrogen-bond donors (Lipinski definition) is 0. The first-order valence-corrected chi connectivity index (χ1v) is 8.19. The van der Waals surface area contributed by atoms with Crippen molar-refractivity contribution in [3.8, 4) is 5.75 Å². The summed E-state index contributed by atoms with van der Waals surface area (Å²) in [6.45, 7) is 2.35. The van der Waals surface area contributed by atoms with Crippen molar-refractivity contribution in [1.29, 1.82) is 0 Å². The van der Waals surface area contributed by atoms with Crippen molar-refractivity contribution >= 4 is 17.6 Å². The molecule has 0 aliphatic rings. The van der Waals surface area contributed by atoms with Gasteiger partial charge in [0.25, 0.3) is 0 Å². The van der Waals surface area contributed by atoms with E-state index in [0.29, 0.717) is 16.5 Å². The van der Waals surface area contributed by atoms with Gasteiger partial charge in [-0.15, -0.1) is 0 Å². The third-order valence-electron chi connectivity index (χ3n) is 3.69. The first-order valence-electron chi connectivity index (χ1n) is 7.81. The first kappa shape index (κ1) is 17.1. The van der Waals surface area contributed by atoms with Gasteiger partial charge in [-0.25, -0.2) is 4.79 Å². The Balaban J connectivity index is 1.56. The number of hydrogen-bond acceptors (Lipinski definition) is 4. The van der Waals surface area contributed by atoms with Gasteiger partial charge in [-0.3, -0.25) is 0 Å². The molecule has 0 radical (unpaired) electrons. The zero-order chi connectivity index (χ0) is 17.6. The Labute approximate surface area is 150 Å². The van der Waals surface area contributed by atoms with Crippen LogP contribution in [0.2, 0.25) is 5.02 Å². The van der Waals surface area contributed by atoms with Gasteiger partial charge in [0, 0.05) is 0 Å². The molecular weight excluding hydrogens is 340 g/mol. The van der Waals surface area contributed by atoms with Crippen molar-refractivity contribution < 1.29 is 18.7 Å². The highest BCUT2D eigenvalue weighted by molar-refractivity contribution is 6.32. The van der Waals surface area contributed by atoms with Crippen molar-refractivity contribution in [2.75, 3.05) is 0 Å². The minimum atomic E-state index is -0.507. The second-order valence-corrected chi connectivity index (χ2v) is 5.89. The summed E-state index contributed by atoms with van der Waals surface area (Å²) in [7, 11) is 0. The summed E-state index contributed by atoms with van der Waals surface area (Å²) in [6, 6.07) is 18.2. The lowest BCUT2D eigenvalue weighted by Crippen LogP contribution is -2.05. The minimum Gasteiger partial charge on any atom is -0.484 e. The quantitative estimate of drug-likeness (QED) is 0.571. The molecule has 0 aliphatic heterocycles. The number of halogens is 1. The molecule has 0 atom stereocenters. The normalized spacial score (nSPS) is 10.5. The van der Waals surface area contributed by atoms with Gasteiger partial charge in [0.1, 0.15) is 24.7 Å². The number of furan rings is 1. The predicted octanol–water partition coefficient (Wildman–Crippen LogP) is 5.18. The third-order valence-corrected chi connectivity index (χ3v) is 4.00. The van der Waals surface area contributed by atoms with Gasteiger partial charge in [-0.2, -0.15) is 0 Å². The van der Waals surface area contributed by atoms with Gasteiger partial charge >= 0.3 is 5.97 Å². The standard InChI is InChI=1S/C20H17ClO4/c1-14-6-2-3-7-15(14)12-24-20(22)19-11-10-16(25-19)13-23-18-9-5-4-8-17(18)21/h2-11H,12-13H2,1H3. The number of benzene rings is 2. The molecule has 1 heterocycles. The molecule has 5 heteroatoms. The van der Waals surface area contributed by atoms with E-state index in [9.17, 15) is 4.79 Å². The fourth-order valence-electron chi connectivity index (χ4n) is 2.26. The molecule has 128 valence electrons. The van der Waals surface area contributed by atoms with Crippen LogP contribution < -0.4 is 4.74 Å². The zero-order valence-corrected chi connectivity index (χ0v) is 14.5. The molecule has 0 spiro atoms. The Morgan fingerprint density at radius 3 is 2.56 bits per heavy atom. The lowest BCUT2D eigenvalue weighted by molar-refractivity contribution is 0.0431. The van der Waals surface area contributed by atoms with E-state index < -0.39 is 5.97 Å². The molecule has 3 rings (SSSR count). The van der Waals surface area contributed by atoms with E-state index in [1.54, 1.807) is 24.3 Å². The molecule has 0 saturated heterocycles. The van der Waals surface area contributed by atoms with E-state index in [1.807, 2.05) is 43.3 Å². The summed E-state index contributed by atoms with van der Waals surface area (Å²) in [5.41, 5.74) is 2.04. The monoisotopic (exact) mass is 356 g/mol. The summed E-state index contributed by atoms with van der Waals surface area (Å²) < 4.78 is 16.4. The molecule has 0 bridgehead atoms. The van der Waals surface area contributed by atoms with Crippen molar-refractivity contribution in [2.45, 2.75) is 20.1 Å². The Morgan fingerprint density at radius 1 is 1.00 bits per heavy atom. The van der Waals surface area contributed by atoms with E-state index in [1.165, 1.54) is 0 Å². The fourth-order valence-corrected chi connectivity index (χ4v) is 2.45. The number of carbonyl (C=O) groups excluding carboxylic acids is 1. The number of esters is 1. The van der Waals surface area contributed by atoms with Crippen LogP contribution in [0.3, 0.4) is 0 Å². The van der Waals surface area contributed by atoms with Crippen molar-refractivity contribution in [1.82, 2.24) is 0 Å². The van der Waals surface area contributed by atoms with Crippen molar-refractivity contribution in [3.63, 3.8) is 0 Å². The molecule has 1 aromatic heterocycles. The minimum absolute atomic E-state index is 0.145. The lowest BCUT2D eigenvalue weighted by atomic mass is 10.1. The highest BCUT2D eigenvalue weighted by atomic mass is 35.5. The SMILES string of the molecule is Cc1ccccc1COC(=O)c1ccc(COc2ccccc2Cl)o1. The average Bonchev–Trinajstić information content (AvgIpc) is 3.09. The molecule has 0 unspecified atom stereocenters. The molecule has 25 heavy (non-hydrogen) atoms. The van der Waals surface area contributed by atoms with E-state index in [-0.39, 0.29) is 19.0 Å². The average molecular weight is 357 g/mol. The molecule has 4 nitrogen and oxygen atoms in total. The van der Waals surface area contributed by atoms with Crippen LogP contribution in [-0.2, 0) is 18.0 Å². The van der Waals surface area contributed by atoms with Crippen LogP contribution in [0, 0.1) is 6.92 Å². The van der Waals surface area contributed by atoms with Crippen LogP contribution in [0.25, 0.3) is 0 Å². The summed E-state index contributed by atoms with van der Waals surface area (Å²) >= 11 is 6.03. The van der Waals surface area contributed by atoms with E-state index >= 15 is 0 Å². The fraction of sp³-hybridized carbons (Fsp3) is 0.150. The summed E-state index contributed by atoms with van der Waals surface area (Å²) in [5, 5.41) is 0.520. The highest BCUT2D eigenvalue weighted by Crippen LogP contribution is 2.24. The Morgan fingerprint density at radius 2 is 1.76 bits per heavy atom. The van der Waals surface area contributed by atoms with Gasteiger partial charge in [0.15, 0.2) is 0 Å². The van der Waals surface area contributed by atoms with Gasteiger partial charge in [-0.05, 0) is 42.3 Å². The molecule has 0 amide bonds. The van der Waals surface area contributed by atoms with Crippen LogP contribution in [0.4, 0.5) is 0 Å². The lowest BCUT2D eigenvalue weighted by Gasteiger charge is -2.06. The van der Waals surface area contributed by atoms with E-state index in [0.717, 1.165) is 11.1 Å². The Kier molecular flexibility index (Phi) is 5.41. The maximum atomic E-state index is 12.1. The van der Waals surface area contributed by atoms with Crippen LogP contribution in [-0.4, -0.2) is 5.97 Å². The van der Waals surface area contributed by atoms with Gasteiger partial charge in [0.2, 0.25) is 5.76 Å². The van der Waals surface area contributed by atoms with Crippen molar-refractivity contribution in [3.05, 3.63) is 88.3 Å². The number of ether oxygens (including phenoxy) is 2. The summed E-state index contributed by atoms with van der Waals surface area (Å²) in [6.07, 6.45) is 0. The maximum Gasteiger partial charge on any atom is 0.374 e. The third kappa shape index (κ3) is 4.43. The number of carbonyl (C=O) groups is 1. The van der Waals surface area contributed by atoms with Gasteiger partial charge in [-0.1, -0.05) is 48.0 Å². The Hall–Kier alpha value is -2.72. The highest BCUT2D eigenvalue weighted by Gasteiger charge is 2.14. The Bertz CT molecular complexity index is 869. The van der Waals surface area contributed by atoms with Gasteiger partial charge in [0.05, 0.1) is 5.02 Å². The van der Waals surface area contributed by atoms with Gasteiger partial charge < -0.3 is 13.9 Å². The smallest absolute Gasteiger partial charge is 0.374 e.